The van der Waals surface area contributed by atoms with Crippen LogP contribution in [0, 0.1) is 13.8 Å². The molecule has 0 spiro atoms. The lowest BCUT2D eigenvalue weighted by molar-refractivity contribution is -0.146. The molecule has 2 rings (SSSR count). The van der Waals surface area contributed by atoms with E-state index in [2.05, 4.69) is 20.4 Å². The second-order valence-corrected chi connectivity index (χ2v) is 4.58. The molecule has 0 fully saturated rings. The minimum Gasteiger partial charge on any atom is -0.479 e. The van der Waals surface area contributed by atoms with Crippen molar-refractivity contribution in [2.45, 2.75) is 26.4 Å². The van der Waals surface area contributed by atoms with Crippen LogP contribution in [0.1, 0.15) is 28.4 Å². The summed E-state index contributed by atoms with van der Waals surface area (Å²) in [7, 11) is 0. The van der Waals surface area contributed by atoms with E-state index in [0.717, 1.165) is 11.4 Å². The van der Waals surface area contributed by atoms with Gasteiger partial charge in [0.2, 0.25) is 5.82 Å². The largest absolute Gasteiger partial charge is 0.479 e. The van der Waals surface area contributed by atoms with Gasteiger partial charge in [-0.15, -0.1) is 5.10 Å². The van der Waals surface area contributed by atoms with Crippen molar-refractivity contribution in [3.05, 3.63) is 23.3 Å². The zero-order valence-corrected chi connectivity index (χ0v) is 11.6. The number of carboxylic acids is 1. The number of aliphatic hydroxyl groups is 1. The zero-order chi connectivity index (χ0) is 15.6. The van der Waals surface area contributed by atoms with Crippen LogP contribution in [0.3, 0.4) is 0 Å². The first kappa shape index (κ1) is 14.9. The fourth-order valence-corrected chi connectivity index (χ4v) is 1.79. The molecule has 21 heavy (non-hydrogen) atoms. The minimum absolute atomic E-state index is 0.00723. The molecule has 0 aliphatic heterocycles. The van der Waals surface area contributed by atoms with E-state index in [0.29, 0.717) is 5.78 Å². The fourth-order valence-electron chi connectivity index (χ4n) is 1.79. The highest BCUT2D eigenvalue weighted by atomic mass is 16.4. The Kier molecular flexibility index (Phi) is 4.13. The van der Waals surface area contributed by atoms with Gasteiger partial charge in [0.05, 0.1) is 0 Å². The quantitative estimate of drug-likeness (QED) is 0.665. The summed E-state index contributed by atoms with van der Waals surface area (Å²) in [4.78, 5) is 30.5. The summed E-state index contributed by atoms with van der Waals surface area (Å²) in [6.07, 6.45) is -1.60. The topological polar surface area (TPSA) is 130 Å². The lowest BCUT2D eigenvalue weighted by Gasteiger charge is -2.05. The second-order valence-electron chi connectivity index (χ2n) is 4.58. The van der Waals surface area contributed by atoms with Gasteiger partial charge in [0.1, 0.15) is 0 Å². The maximum absolute atomic E-state index is 11.9. The van der Waals surface area contributed by atoms with Gasteiger partial charge in [-0.2, -0.15) is 4.98 Å². The van der Waals surface area contributed by atoms with E-state index in [-0.39, 0.29) is 18.8 Å². The van der Waals surface area contributed by atoms with Crippen LogP contribution in [-0.2, 0) is 4.79 Å². The number of aromatic nitrogens is 4. The van der Waals surface area contributed by atoms with Crippen molar-refractivity contribution in [1.29, 1.82) is 0 Å². The third kappa shape index (κ3) is 3.31. The van der Waals surface area contributed by atoms with Crippen LogP contribution in [0.5, 0.6) is 0 Å². The third-order valence-electron chi connectivity index (χ3n) is 2.81. The summed E-state index contributed by atoms with van der Waals surface area (Å²) >= 11 is 0. The molecule has 0 saturated heterocycles. The minimum atomic E-state index is -1.51. The number of rotatable bonds is 5. The number of aliphatic carboxylic acids is 1. The third-order valence-corrected chi connectivity index (χ3v) is 2.81. The summed E-state index contributed by atoms with van der Waals surface area (Å²) in [5.41, 5.74) is 1.56. The predicted octanol–water partition coefficient (Wildman–Crippen LogP) is -0.693. The highest BCUT2D eigenvalue weighted by Crippen LogP contribution is 2.05. The second kappa shape index (κ2) is 5.83. The molecule has 0 bridgehead atoms. The van der Waals surface area contributed by atoms with Crippen molar-refractivity contribution in [2.24, 2.45) is 0 Å². The highest BCUT2D eigenvalue weighted by molar-refractivity contribution is 5.90. The lowest BCUT2D eigenvalue weighted by Crippen LogP contribution is -2.30. The average Bonchev–Trinajstić information content (AvgIpc) is 2.82. The zero-order valence-electron chi connectivity index (χ0n) is 11.6. The van der Waals surface area contributed by atoms with Crippen LogP contribution in [0.15, 0.2) is 6.07 Å². The van der Waals surface area contributed by atoms with Gasteiger partial charge in [0.15, 0.2) is 6.10 Å². The van der Waals surface area contributed by atoms with Crippen molar-refractivity contribution >= 4 is 17.7 Å². The monoisotopic (exact) mass is 293 g/mol. The molecule has 0 aliphatic rings. The molecule has 0 saturated carbocycles. The molecular formula is C12H15N5O4. The van der Waals surface area contributed by atoms with Gasteiger partial charge < -0.3 is 15.5 Å². The van der Waals surface area contributed by atoms with E-state index >= 15 is 0 Å². The molecular weight excluding hydrogens is 278 g/mol. The first-order valence-corrected chi connectivity index (χ1v) is 6.28. The van der Waals surface area contributed by atoms with E-state index in [9.17, 15) is 9.59 Å². The van der Waals surface area contributed by atoms with E-state index in [1.807, 2.05) is 19.9 Å². The number of hydrogen-bond donors (Lipinski definition) is 3. The van der Waals surface area contributed by atoms with E-state index < -0.39 is 18.0 Å². The number of carbonyl (C=O) groups excluding carboxylic acids is 1. The summed E-state index contributed by atoms with van der Waals surface area (Å²) in [5, 5.41) is 24.1. The number of hydrogen-bond acceptors (Lipinski definition) is 6. The number of carboxylic acid groups (broad SMARTS) is 1. The van der Waals surface area contributed by atoms with Crippen molar-refractivity contribution in [3.63, 3.8) is 0 Å². The van der Waals surface area contributed by atoms with E-state index in [1.54, 1.807) is 0 Å². The summed E-state index contributed by atoms with van der Waals surface area (Å²) < 4.78 is 1.45. The molecule has 3 N–H and O–H groups in total. The number of nitrogens with zero attached hydrogens (tertiary/aromatic N) is 4. The van der Waals surface area contributed by atoms with Gasteiger partial charge in [-0.25, -0.2) is 14.3 Å². The van der Waals surface area contributed by atoms with Crippen molar-refractivity contribution in [1.82, 2.24) is 24.9 Å². The van der Waals surface area contributed by atoms with Crippen molar-refractivity contribution < 1.29 is 19.8 Å². The molecule has 2 aromatic rings. The average molecular weight is 293 g/mol. The number of amides is 1. The molecule has 9 heteroatoms. The molecule has 0 aliphatic carbocycles. The Hall–Kier alpha value is -2.55. The Morgan fingerprint density at radius 2 is 2.10 bits per heavy atom. The van der Waals surface area contributed by atoms with Gasteiger partial charge in [-0.1, -0.05) is 0 Å². The SMILES string of the molecule is Cc1cc(C)n2nc(C(=O)NCCC(O)C(=O)O)nc2n1. The van der Waals surface area contributed by atoms with Gasteiger partial charge in [-0.3, -0.25) is 4.79 Å². The molecule has 0 aromatic carbocycles. The molecule has 9 nitrogen and oxygen atoms in total. The van der Waals surface area contributed by atoms with Crippen LogP contribution in [0.4, 0.5) is 0 Å². The van der Waals surface area contributed by atoms with Crippen molar-refractivity contribution in [3.8, 4) is 0 Å². The standard InChI is InChI=1S/C12H15N5O4/c1-6-5-7(2)17-12(14-6)15-9(16-17)10(19)13-4-3-8(18)11(20)21/h5,8,18H,3-4H2,1-2H3,(H,13,19)(H,20,21). The molecule has 1 unspecified atom stereocenters. The van der Waals surface area contributed by atoms with Crippen LogP contribution in [-0.4, -0.2) is 54.3 Å². The Balaban J connectivity index is 2.06. The van der Waals surface area contributed by atoms with Gasteiger partial charge in [-0.05, 0) is 19.9 Å². The molecule has 2 heterocycles. The lowest BCUT2D eigenvalue weighted by atomic mass is 10.2. The molecule has 0 radical (unpaired) electrons. The first-order chi connectivity index (χ1) is 9.88. The van der Waals surface area contributed by atoms with E-state index in [1.165, 1.54) is 4.52 Å². The number of aryl methyl sites for hydroxylation is 2. The molecule has 2 aromatic heterocycles. The Morgan fingerprint density at radius 1 is 1.38 bits per heavy atom. The van der Waals surface area contributed by atoms with Gasteiger partial charge in [0, 0.05) is 24.4 Å². The summed E-state index contributed by atoms with van der Waals surface area (Å²) in [6.45, 7) is 3.64. The Morgan fingerprint density at radius 3 is 2.76 bits per heavy atom. The smallest absolute Gasteiger partial charge is 0.332 e. The number of aliphatic hydroxyl groups excluding tert-OH is 1. The Labute approximate surface area is 119 Å². The van der Waals surface area contributed by atoms with Gasteiger partial charge >= 0.3 is 5.97 Å². The maximum atomic E-state index is 11.9. The van der Waals surface area contributed by atoms with Gasteiger partial charge in [0.25, 0.3) is 11.7 Å². The summed E-state index contributed by atoms with van der Waals surface area (Å²) in [5.74, 6) is -1.61. The van der Waals surface area contributed by atoms with Crippen LogP contribution >= 0.6 is 0 Å². The predicted molar refractivity (Wildman–Crippen MR) is 70.8 cm³/mol. The van der Waals surface area contributed by atoms with Crippen LogP contribution in [0.25, 0.3) is 5.78 Å². The molecule has 1 atom stereocenters. The summed E-state index contributed by atoms with van der Waals surface area (Å²) in [6, 6.07) is 1.81. The fraction of sp³-hybridized carbons (Fsp3) is 0.417. The first-order valence-electron chi connectivity index (χ1n) is 6.28. The number of nitrogens with one attached hydrogen (secondary N) is 1. The normalized spacial score (nSPS) is 12.3. The number of fused-ring (bicyclic) bond motifs is 1. The maximum Gasteiger partial charge on any atom is 0.332 e. The van der Waals surface area contributed by atoms with Crippen LogP contribution < -0.4 is 5.32 Å². The molecule has 112 valence electrons. The highest BCUT2D eigenvalue weighted by Gasteiger charge is 2.17. The van der Waals surface area contributed by atoms with E-state index in [4.69, 9.17) is 10.2 Å². The molecule has 1 amide bonds. The van der Waals surface area contributed by atoms with Crippen molar-refractivity contribution in [2.75, 3.05) is 6.54 Å². The Bertz CT molecular complexity index is 696. The number of carbonyl (C=O) groups is 2. The van der Waals surface area contributed by atoms with Crippen LogP contribution in [0.2, 0.25) is 0 Å².